The molecule has 236 valence electrons. The number of oxazole rings is 1. The maximum atomic E-state index is 13.5. The van der Waals surface area contributed by atoms with Crippen LogP contribution in [0.1, 0.15) is 85.3 Å². The first-order chi connectivity index (χ1) is 21.7. The lowest BCUT2D eigenvalue weighted by atomic mass is 10.0. The average molecular weight is 651 g/mol. The van der Waals surface area contributed by atoms with Crippen molar-refractivity contribution in [2.24, 2.45) is 11.7 Å². The van der Waals surface area contributed by atoms with Gasteiger partial charge in [-0.25, -0.2) is 15.0 Å². The number of nitrogens with two attached hydrogens (primary N) is 1. The highest BCUT2D eigenvalue weighted by molar-refractivity contribution is 7.10. The molecule has 0 radical (unpaired) electrons. The van der Waals surface area contributed by atoms with Crippen LogP contribution in [-0.4, -0.2) is 63.1 Å². The number of nitrogens with one attached hydrogen (secondary N) is 3. The van der Waals surface area contributed by atoms with Gasteiger partial charge in [0.25, 0.3) is 17.7 Å². The highest BCUT2D eigenvalue weighted by Gasteiger charge is 2.28. The molecule has 1 aliphatic rings. The number of aromatic nitrogens is 3. The number of amides is 4. The Morgan fingerprint density at radius 1 is 1.02 bits per heavy atom. The summed E-state index contributed by atoms with van der Waals surface area (Å²) in [5, 5.41) is 13.3. The Morgan fingerprint density at radius 2 is 1.73 bits per heavy atom. The van der Waals surface area contributed by atoms with E-state index < -0.39 is 23.9 Å². The Kier molecular flexibility index (Phi) is 10.3. The molecular weight excluding hydrogens is 617 g/mol. The van der Waals surface area contributed by atoms with E-state index in [1.807, 2.05) is 44.2 Å². The number of carbonyl (C=O) groups is 4. The van der Waals surface area contributed by atoms with E-state index >= 15 is 0 Å². The summed E-state index contributed by atoms with van der Waals surface area (Å²) in [6, 6.07) is 8.61. The van der Waals surface area contributed by atoms with Crippen LogP contribution in [0.5, 0.6) is 0 Å². The SMILES string of the molecule is CC(C)C1NC(=O)c2csc(n2)[C@H](Cc2ccccc2)NC(=O)CN(C(=O)c2coc(CN)n2)CCCNC(=O)c2csc1n2. The topological polar surface area (TPSA) is 185 Å². The van der Waals surface area contributed by atoms with Gasteiger partial charge in [0.05, 0.1) is 25.2 Å². The van der Waals surface area contributed by atoms with E-state index in [-0.39, 0.29) is 66.9 Å². The van der Waals surface area contributed by atoms with Crippen LogP contribution in [0.25, 0.3) is 0 Å². The summed E-state index contributed by atoms with van der Waals surface area (Å²) >= 11 is 2.56. The van der Waals surface area contributed by atoms with Gasteiger partial charge in [0.2, 0.25) is 11.8 Å². The Hall–Kier alpha value is -4.47. The molecule has 4 bridgehead atoms. The number of fused-ring (bicyclic) bond motifs is 4. The summed E-state index contributed by atoms with van der Waals surface area (Å²) in [5.74, 6) is -1.52. The summed E-state index contributed by atoms with van der Waals surface area (Å²) in [5.41, 5.74) is 7.02. The Morgan fingerprint density at radius 3 is 2.44 bits per heavy atom. The molecule has 0 aliphatic carbocycles. The Balaban J connectivity index is 1.46. The van der Waals surface area contributed by atoms with Crippen molar-refractivity contribution < 1.29 is 23.6 Å². The average Bonchev–Trinajstić information content (AvgIpc) is 3.82. The van der Waals surface area contributed by atoms with Crippen molar-refractivity contribution in [3.63, 3.8) is 0 Å². The summed E-state index contributed by atoms with van der Waals surface area (Å²) in [6.45, 7) is 4.04. The standard InChI is InChI=1S/C30H34N8O5S2/c1-17(2)25-29-36-21(15-45-29)26(40)32-9-6-10-38(30(42)20-14-43-24(12-31)34-20)13-23(39)33-19(11-18-7-4-3-5-8-18)28-35-22(16-44-28)27(41)37-25/h3-5,7-8,14-17,19,25H,6,9-13,31H2,1-2H3,(H,32,40)(H,33,39)(H,37,41)/t19-,25?/m0/s1. The Labute approximate surface area is 267 Å². The number of carbonyl (C=O) groups excluding carboxylic acids is 4. The smallest absolute Gasteiger partial charge is 0.276 e. The van der Waals surface area contributed by atoms with Gasteiger partial charge in [-0.05, 0) is 24.3 Å². The van der Waals surface area contributed by atoms with Gasteiger partial charge in [-0.1, -0.05) is 44.2 Å². The van der Waals surface area contributed by atoms with Crippen LogP contribution in [-0.2, 0) is 17.8 Å². The minimum Gasteiger partial charge on any atom is -0.447 e. The molecule has 4 heterocycles. The maximum Gasteiger partial charge on any atom is 0.276 e. The van der Waals surface area contributed by atoms with Crippen molar-refractivity contribution in [1.82, 2.24) is 35.8 Å². The quantitative estimate of drug-likeness (QED) is 0.252. The highest BCUT2D eigenvalue weighted by Crippen LogP contribution is 2.27. The van der Waals surface area contributed by atoms with E-state index in [9.17, 15) is 19.2 Å². The van der Waals surface area contributed by atoms with Crippen LogP contribution in [0.2, 0.25) is 0 Å². The normalized spacial score (nSPS) is 18.4. The molecule has 0 saturated heterocycles. The summed E-state index contributed by atoms with van der Waals surface area (Å²) < 4.78 is 5.25. The predicted molar refractivity (Wildman–Crippen MR) is 168 cm³/mol. The minimum atomic E-state index is -0.567. The van der Waals surface area contributed by atoms with Crippen molar-refractivity contribution in [1.29, 1.82) is 0 Å². The lowest BCUT2D eigenvalue weighted by Crippen LogP contribution is -2.43. The largest absolute Gasteiger partial charge is 0.447 e. The maximum absolute atomic E-state index is 13.5. The zero-order valence-corrected chi connectivity index (χ0v) is 26.5. The zero-order chi connectivity index (χ0) is 31.9. The van der Waals surface area contributed by atoms with Crippen molar-refractivity contribution in [3.05, 3.63) is 85.9 Å². The van der Waals surface area contributed by atoms with Gasteiger partial charge in [0, 0.05) is 23.8 Å². The molecule has 15 heteroatoms. The van der Waals surface area contributed by atoms with E-state index in [2.05, 4.69) is 30.9 Å². The molecule has 2 atom stereocenters. The van der Waals surface area contributed by atoms with E-state index in [1.54, 1.807) is 10.8 Å². The van der Waals surface area contributed by atoms with Crippen LogP contribution in [0.15, 0.2) is 51.8 Å². The first kappa shape index (κ1) is 31.9. The molecule has 1 aliphatic heterocycles. The molecule has 3 aromatic heterocycles. The molecule has 0 saturated carbocycles. The third-order valence-corrected chi connectivity index (χ3v) is 8.99. The van der Waals surface area contributed by atoms with Crippen LogP contribution < -0.4 is 21.7 Å². The van der Waals surface area contributed by atoms with Crippen molar-refractivity contribution >= 4 is 46.3 Å². The number of rotatable bonds is 5. The fourth-order valence-electron chi connectivity index (χ4n) is 4.76. The molecule has 4 aromatic rings. The molecule has 4 amide bonds. The predicted octanol–water partition coefficient (Wildman–Crippen LogP) is 2.85. The lowest BCUT2D eigenvalue weighted by molar-refractivity contribution is -0.122. The van der Waals surface area contributed by atoms with Gasteiger partial charge < -0.3 is 31.0 Å². The van der Waals surface area contributed by atoms with Crippen molar-refractivity contribution in [3.8, 4) is 0 Å². The van der Waals surface area contributed by atoms with Gasteiger partial charge in [-0.2, -0.15) is 0 Å². The second kappa shape index (κ2) is 14.5. The fourth-order valence-corrected chi connectivity index (χ4v) is 6.63. The first-order valence-corrected chi connectivity index (χ1v) is 16.2. The summed E-state index contributed by atoms with van der Waals surface area (Å²) in [6.07, 6.45) is 1.99. The first-order valence-electron chi connectivity index (χ1n) is 14.5. The lowest BCUT2D eigenvalue weighted by Gasteiger charge is -2.23. The highest BCUT2D eigenvalue weighted by atomic mass is 32.1. The van der Waals surface area contributed by atoms with Crippen molar-refractivity contribution in [2.45, 2.75) is 45.3 Å². The van der Waals surface area contributed by atoms with E-state index in [0.29, 0.717) is 22.9 Å². The molecule has 0 spiro atoms. The molecule has 1 unspecified atom stereocenters. The zero-order valence-electron chi connectivity index (χ0n) is 24.8. The number of nitrogens with zero attached hydrogens (tertiary/aromatic N) is 4. The van der Waals surface area contributed by atoms with E-state index in [1.165, 1.54) is 33.8 Å². The summed E-state index contributed by atoms with van der Waals surface area (Å²) in [4.78, 5) is 67.7. The molecule has 1 aromatic carbocycles. The van der Waals surface area contributed by atoms with Gasteiger partial charge >= 0.3 is 0 Å². The third-order valence-electron chi connectivity index (χ3n) is 7.10. The monoisotopic (exact) mass is 650 g/mol. The fraction of sp³-hybridized carbons (Fsp3) is 0.367. The van der Waals surface area contributed by atoms with Crippen LogP contribution in [0.3, 0.4) is 0 Å². The molecule has 0 fully saturated rings. The van der Waals surface area contributed by atoms with Gasteiger partial charge in [0.1, 0.15) is 27.7 Å². The minimum absolute atomic E-state index is 0.0116. The number of benzene rings is 1. The second-order valence-electron chi connectivity index (χ2n) is 10.8. The van der Waals surface area contributed by atoms with Gasteiger partial charge in [-0.15, -0.1) is 22.7 Å². The number of hydrogen-bond donors (Lipinski definition) is 4. The number of hydrogen-bond acceptors (Lipinski definition) is 11. The van der Waals surface area contributed by atoms with Gasteiger partial charge in [0.15, 0.2) is 5.69 Å². The van der Waals surface area contributed by atoms with Crippen molar-refractivity contribution in [2.75, 3.05) is 19.6 Å². The van der Waals surface area contributed by atoms with Crippen LogP contribution in [0.4, 0.5) is 0 Å². The molecular formula is C30H34N8O5S2. The summed E-state index contributed by atoms with van der Waals surface area (Å²) in [7, 11) is 0. The molecule has 45 heavy (non-hydrogen) atoms. The molecule has 5 rings (SSSR count). The van der Waals surface area contributed by atoms with E-state index in [0.717, 1.165) is 5.56 Å². The molecule has 5 N–H and O–H groups in total. The third kappa shape index (κ3) is 7.98. The number of thiazole rings is 2. The van der Waals surface area contributed by atoms with Gasteiger partial charge in [-0.3, -0.25) is 19.2 Å². The van der Waals surface area contributed by atoms with Crippen LogP contribution in [0, 0.1) is 5.92 Å². The molecule has 13 nitrogen and oxygen atoms in total. The second-order valence-corrected chi connectivity index (χ2v) is 12.6. The van der Waals surface area contributed by atoms with E-state index in [4.69, 9.17) is 10.2 Å². The Bertz CT molecular complexity index is 1650. The van der Waals surface area contributed by atoms with Crippen LogP contribution >= 0.6 is 22.7 Å².